The Kier molecular flexibility index (Phi) is 3.24. The van der Waals surface area contributed by atoms with Gasteiger partial charge in [0.05, 0.1) is 5.69 Å². The van der Waals surface area contributed by atoms with Gasteiger partial charge in [0.25, 0.3) is 0 Å². The zero-order valence-corrected chi connectivity index (χ0v) is 8.74. The van der Waals surface area contributed by atoms with E-state index in [1.807, 2.05) is 0 Å². The number of hydrogen-bond donors (Lipinski definition) is 2. The van der Waals surface area contributed by atoms with Gasteiger partial charge in [0.15, 0.2) is 5.78 Å². The van der Waals surface area contributed by atoms with Crippen LogP contribution in [0.3, 0.4) is 0 Å². The molecule has 0 aliphatic heterocycles. The van der Waals surface area contributed by atoms with E-state index in [0.29, 0.717) is 4.47 Å². The molecule has 0 amide bonds. The molecule has 0 aliphatic carbocycles. The fraction of sp³-hybridized carbons (Fsp3) is 0.111. The van der Waals surface area contributed by atoms with Gasteiger partial charge in [-0.25, -0.2) is 0 Å². The molecule has 0 saturated heterocycles. The molecular weight excluding hydrogens is 250 g/mol. The monoisotopic (exact) mass is 257 g/mol. The Labute approximate surface area is 88.9 Å². The van der Waals surface area contributed by atoms with Crippen LogP contribution >= 0.6 is 15.9 Å². The molecule has 0 spiro atoms. The number of carboxylic acids is 1. The number of hydrogen-bond acceptors (Lipinski definition) is 3. The SMILES string of the molecule is Nc1c(Br)cccc1C(=O)CC(=O)O. The molecule has 0 fully saturated rings. The van der Waals surface area contributed by atoms with Crippen molar-refractivity contribution in [3.8, 4) is 0 Å². The fourth-order valence-electron chi connectivity index (χ4n) is 1.01. The third-order valence-corrected chi connectivity index (χ3v) is 2.36. The maximum absolute atomic E-state index is 11.3. The van der Waals surface area contributed by atoms with Gasteiger partial charge in [0.2, 0.25) is 0 Å². The van der Waals surface area contributed by atoms with Crippen LogP contribution in [0.2, 0.25) is 0 Å². The molecule has 0 bridgehead atoms. The summed E-state index contributed by atoms with van der Waals surface area (Å²) in [5, 5.41) is 8.43. The highest BCUT2D eigenvalue weighted by Gasteiger charge is 2.14. The number of halogens is 1. The van der Waals surface area contributed by atoms with Gasteiger partial charge in [0, 0.05) is 10.0 Å². The molecule has 74 valence electrons. The summed E-state index contributed by atoms with van der Waals surface area (Å²) in [6, 6.07) is 4.83. The maximum Gasteiger partial charge on any atom is 0.311 e. The number of Topliss-reactive ketones (excluding diaryl/α,β-unsaturated/α-hetero) is 1. The molecule has 3 N–H and O–H groups in total. The summed E-state index contributed by atoms with van der Waals surface area (Å²) in [4.78, 5) is 21.7. The number of carboxylic acid groups (broad SMARTS) is 1. The van der Waals surface area contributed by atoms with Crippen LogP contribution in [0.4, 0.5) is 5.69 Å². The number of anilines is 1. The van der Waals surface area contributed by atoms with Gasteiger partial charge in [-0.2, -0.15) is 0 Å². The van der Waals surface area contributed by atoms with Crippen LogP contribution in [-0.2, 0) is 4.79 Å². The smallest absolute Gasteiger partial charge is 0.311 e. The number of ketones is 1. The second-order valence-electron chi connectivity index (χ2n) is 2.69. The van der Waals surface area contributed by atoms with Crippen molar-refractivity contribution in [2.24, 2.45) is 0 Å². The van der Waals surface area contributed by atoms with Crippen molar-refractivity contribution >= 4 is 33.4 Å². The average Bonchev–Trinajstić information content (AvgIpc) is 2.08. The molecule has 0 radical (unpaired) electrons. The summed E-state index contributed by atoms with van der Waals surface area (Å²) in [6.45, 7) is 0. The van der Waals surface area contributed by atoms with Crippen LogP contribution in [0, 0.1) is 0 Å². The van der Waals surface area contributed by atoms with Crippen LogP contribution in [0.5, 0.6) is 0 Å². The van der Waals surface area contributed by atoms with Gasteiger partial charge >= 0.3 is 5.97 Å². The van der Waals surface area contributed by atoms with Crippen LogP contribution in [0.15, 0.2) is 22.7 Å². The number of rotatable bonds is 3. The Morgan fingerprint density at radius 1 is 1.43 bits per heavy atom. The first-order chi connectivity index (χ1) is 6.52. The predicted octanol–water partition coefficient (Wildman–Crippen LogP) is 1.69. The zero-order valence-electron chi connectivity index (χ0n) is 7.16. The van der Waals surface area contributed by atoms with Gasteiger partial charge in [-0.1, -0.05) is 6.07 Å². The van der Waals surface area contributed by atoms with E-state index >= 15 is 0 Å². The Hall–Kier alpha value is -1.36. The maximum atomic E-state index is 11.3. The topological polar surface area (TPSA) is 80.4 Å². The van der Waals surface area contributed by atoms with Crippen molar-refractivity contribution in [2.45, 2.75) is 6.42 Å². The largest absolute Gasteiger partial charge is 0.481 e. The second kappa shape index (κ2) is 4.23. The molecular formula is C9H8BrNO3. The average molecular weight is 258 g/mol. The van der Waals surface area contributed by atoms with Gasteiger partial charge in [-0.05, 0) is 28.1 Å². The molecule has 5 heteroatoms. The van der Waals surface area contributed by atoms with Gasteiger partial charge in [-0.3, -0.25) is 9.59 Å². The molecule has 14 heavy (non-hydrogen) atoms. The Bertz CT molecular complexity index is 390. The summed E-state index contributed by atoms with van der Waals surface area (Å²) in [7, 11) is 0. The quantitative estimate of drug-likeness (QED) is 0.491. The molecule has 1 rings (SSSR count). The molecule has 0 aliphatic rings. The highest BCUT2D eigenvalue weighted by atomic mass is 79.9. The number of carbonyl (C=O) groups is 2. The van der Waals surface area contributed by atoms with Gasteiger partial charge < -0.3 is 10.8 Å². The Balaban J connectivity index is 3.01. The summed E-state index contributed by atoms with van der Waals surface area (Å²) in [6.07, 6.45) is -0.541. The Morgan fingerprint density at radius 3 is 2.64 bits per heavy atom. The van der Waals surface area contributed by atoms with Crippen molar-refractivity contribution in [1.82, 2.24) is 0 Å². The third kappa shape index (κ3) is 2.32. The summed E-state index contributed by atoms with van der Waals surface area (Å²) in [5.74, 6) is -1.65. The van der Waals surface area contributed by atoms with E-state index in [2.05, 4.69) is 15.9 Å². The van der Waals surface area contributed by atoms with Crippen molar-refractivity contribution in [3.05, 3.63) is 28.2 Å². The lowest BCUT2D eigenvalue weighted by atomic mass is 10.1. The molecule has 0 unspecified atom stereocenters. The number of aliphatic carboxylic acids is 1. The number of carbonyl (C=O) groups excluding carboxylic acids is 1. The van der Waals surface area contributed by atoms with E-state index in [9.17, 15) is 9.59 Å². The standard InChI is InChI=1S/C9H8BrNO3/c10-6-3-1-2-5(9(6)11)7(12)4-8(13)14/h1-3H,4,11H2,(H,13,14). The van der Waals surface area contributed by atoms with Crippen molar-refractivity contribution in [3.63, 3.8) is 0 Å². The lowest BCUT2D eigenvalue weighted by molar-refractivity contribution is -0.135. The second-order valence-corrected chi connectivity index (χ2v) is 3.55. The number of benzene rings is 1. The van der Waals surface area contributed by atoms with E-state index in [-0.39, 0.29) is 11.3 Å². The number of nitrogen functional groups attached to an aromatic ring is 1. The fourth-order valence-corrected chi connectivity index (χ4v) is 1.38. The molecule has 0 aromatic heterocycles. The minimum atomic E-state index is -1.16. The van der Waals surface area contributed by atoms with E-state index < -0.39 is 18.2 Å². The highest BCUT2D eigenvalue weighted by Crippen LogP contribution is 2.23. The van der Waals surface area contributed by atoms with E-state index in [4.69, 9.17) is 10.8 Å². The van der Waals surface area contributed by atoms with E-state index in [1.165, 1.54) is 6.07 Å². The molecule has 0 saturated carbocycles. The summed E-state index contributed by atoms with van der Waals surface area (Å²) < 4.78 is 0.591. The minimum Gasteiger partial charge on any atom is -0.481 e. The van der Waals surface area contributed by atoms with Crippen LogP contribution < -0.4 is 5.73 Å². The number of nitrogens with two attached hydrogens (primary N) is 1. The first-order valence-corrected chi connectivity index (χ1v) is 4.60. The van der Waals surface area contributed by atoms with Crippen molar-refractivity contribution < 1.29 is 14.7 Å². The van der Waals surface area contributed by atoms with E-state index in [1.54, 1.807) is 12.1 Å². The van der Waals surface area contributed by atoms with Crippen molar-refractivity contribution in [1.29, 1.82) is 0 Å². The minimum absolute atomic E-state index is 0.238. The summed E-state index contributed by atoms with van der Waals surface area (Å²) in [5.41, 5.74) is 6.11. The predicted molar refractivity (Wildman–Crippen MR) is 55.1 cm³/mol. The van der Waals surface area contributed by atoms with Gasteiger partial charge in [-0.15, -0.1) is 0 Å². The summed E-state index contributed by atoms with van der Waals surface area (Å²) >= 11 is 3.16. The first-order valence-electron chi connectivity index (χ1n) is 3.81. The molecule has 1 aromatic carbocycles. The highest BCUT2D eigenvalue weighted by molar-refractivity contribution is 9.10. The lowest BCUT2D eigenvalue weighted by Crippen LogP contribution is -2.09. The van der Waals surface area contributed by atoms with Gasteiger partial charge in [0.1, 0.15) is 6.42 Å². The third-order valence-electron chi connectivity index (χ3n) is 1.67. The Morgan fingerprint density at radius 2 is 2.07 bits per heavy atom. The molecule has 1 aromatic rings. The normalized spacial score (nSPS) is 9.79. The molecule has 0 heterocycles. The van der Waals surface area contributed by atoms with Crippen LogP contribution in [0.25, 0.3) is 0 Å². The van der Waals surface area contributed by atoms with E-state index in [0.717, 1.165) is 0 Å². The lowest BCUT2D eigenvalue weighted by Gasteiger charge is -2.04. The number of para-hydroxylation sites is 1. The zero-order chi connectivity index (χ0) is 10.7. The van der Waals surface area contributed by atoms with Crippen molar-refractivity contribution in [2.75, 3.05) is 5.73 Å². The molecule has 4 nitrogen and oxygen atoms in total. The molecule has 0 atom stereocenters. The van der Waals surface area contributed by atoms with Crippen LogP contribution in [-0.4, -0.2) is 16.9 Å². The first kappa shape index (κ1) is 10.7. The van der Waals surface area contributed by atoms with Crippen LogP contribution in [0.1, 0.15) is 16.8 Å².